The van der Waals surface area contributed by atoms with E-state index >= 15 is 0 Å². The molecular weight excluding hydrogens is 266 g/mol. The third-order valence-electron chi connectivity index (χ3n) is 4.12. The molecule has 2 atom stereocenters. The molecular formula is C16H23N3O2. The van der Waals surface area contributed by atoms with Gasteiger partial charge in [0.2, 0.25) is 5.91 Å². The zero-order valence-electron chi connectivity index (χ0n) is 12.6. The molecule has 1 saturated carbocycles. The number of hydrogen-bond donors (Lipinski definition) is 3. The average molecular weight is 289 g/mol. The van der Waals surface area contributed by atoms with E-state index in [9.17, 15) is 9.59 Å². The van der Waals surface area contributed by atoms with Gasteiger partial charge in [-0.25, -0.2) is 0 Å². The van der Waals surface area contributed by atoms with E-state index in [0.717, 1.165) is 25.7 Å². The molecule has 1 aromatic carbocycles. The van der Waals surface area contributed by atoms with Crippen molar-refractivity contribution in [1.29, 1.82) is 0 Å². The SMILES string of the molecule is CNC(=O)c1ccc(NC(=O)C2(N)CCCC(C)C2)cc1. The molecule has 1 fully saturated rings. The number of carbonyl (C=O) groups excluding carboxylic acids is 2. The van der Waals surface area contributed by atoms with Crippen LogP contribution in [0.4, 0.5) is 5.69 Å². The molecule has 2 rings (SSSR count). The van der Waals surface area contributed by atoms with Crippen molar-refractivity contribution in [1.82, 2.24) is 5.32 Å². The summed E-state index contributed by atoms with van der Waals surface area (Å²) in [5.74, 6) is 0.191. The lowest BCUT2D eigenvalue weighted by Crippen LogP contribution is -2.53. The Balaban J connectivity index is 2.04. The van der Waals surface area contributed by atoms with Crippen LogP contribution in [0, 0.1) is 5.92 Å². The largest absolute Gasteiger partial charge is 0.355 e. The smallest absolute Gasteiger partial charge is 0.251 e. The van der Waals surface area contributed by atoms with E-state index in [4.69, 9.17) is 5.73 Å². The van der Waals surface area contributed by atoms with Crippen LogP contribution in [0.25, 0.3) is 0 Å². The molecule has 0 bridgehead atoms. The number of anilines is 1. The van der Waals surface area contributed by atoms with E-state index in [0.29, 0.717) is 17.2 Å². The van der Waals surface area contributed by atoms with Crippen LogP contribution in [0.15, 0.2) is 24.3 Å². The third-order valence-corrected chi connectivity index (χ3v) is 4.12. The molecule has 2 unspecified atom stereocenters. The van der Waals surface area contributed by atoms with Crippen LogP contribution in [0.3, 0.4) is 0 Å². The number of rotatable bonds is 3. The predicted molar refractivity (Wildman–Crippen MR) is 83.0 cm³/mol. The minimum absolute atomic E-state index is 0.137. The highest BCUT2D eigenvalue weighted by atomic mass is 16.2. The highest BCUT2D eigenvalue weighted by molar-refractivity contribution is 5.99. The topological polar surface area (TPSA) is 84.2 Å². The molecule has 2 amide bonds. The van der Waals surface area contributed by atoms with Crippen LogP contribution < -0.4 is 16.4 Å². The van der Waals surface area contributed by atoms with Crippen LogP contribution in [-0.2, 0) is 4.79 Å². The summed E-state index contributed by atoms with van der Waals surface area (Å²) in [5, 5.41) is 5.42. The summed E-state index contributed by atoms with van der Waals surface area (Å²) < 4.78 is 0. The van der Waals surface area contributed by atoms with Crippen LogP contribution in [-0.4, -0.2) is 24.4 Å². The number of benzene rings is 1. The van der Waals surface area contributed by atoms with Crippen molar-refractivity contribution >= 4 is 17.5 Å². The number of carbonyl (C=O) groups is 2. The summed E-state index contributed by atoms with van der Waals surface area (Å²) in [5.41, 5.74) is 6.71. The number of nitrogens with two attached hydrogens (primary N) is 1. The van der Waals surface area contributed by atoms with Crippen molar-refractivity contribution in [2.45, 2.75) is 38.1 Å². The molecule has 0 aliphatic heterocycles. The molecule has 0 saturated heterocycles. The first-order valence-corrected chi connectivity index (χ1v) is 7.37. The second kappa shape index (κ2) is 6.26. The Morgan fingerprint density at radius 1 is 1.29 bits per heavy atom. The molecule has 0 heterocycles. The van der Waals surface area contributed by atoms with Gasteiger partial charge >= 0.3 is 0 Å². The van der Waals surface area contributed by atoms with Gasteiger partial charge in [-0.05, 0) is 43.0 Å². The third kappa shape index (κ3) is 3.61. The molecule has 1 aliphatic rings. The molecule has 0 aromatic heterocycles. The molecule has 1 aromatic rings. The van der Waals surface area contributed by atoms with Crippen molar-refractivity contribution in [3.05, 3.63) is 29.8 Å². The lowest BCUT2D eigenvalue weighted by atomic mass is 9.76. The first-order valence-electron chi connectivity index (χ1n) is 7.37. The quantitative estimate of drug-likeness (QED) is 0.794. The Morgan fingerprint density at radius 3 is 2.52 bits per heavy atom. The van der Waals surface area contributed by atoms with Gasteiger partial charge in [0.1, 0.15) is 0 Å². The van der Waals surface area contributed by atoms with Gasteiger partial charge in [0, 0.05) is 18.3 Å². The summed E-state index contributed by atoms with van der Waals surface area (Å²) in [6.07, 6.45) is 3.56. The van der Waals surface area contributed by atoms with Gasteiger partial charge in [-0.1, -0.05) is 19.8 Å². The molecule has 0 radical (unpaired) electrons. The van der Waals surface area contributed by atoms with Crippen LogP contribution in [0.1, 0.15) is 43.0 Å². The monoisotopic (exact) mass is 289 g/mol. The minimum atomic E-state index is -0.781. The van der Waals surface area contributed by atoms with Crippen molar-refractivity contribution < 1.29 is 9.59 Å². The lowest BCUT2D eigenvalue weighted by Gasteiger charge is -2.35. The summed E-state index contributed by atoms with van der Waals surface area (Å²) in [6, 6.07) is 6.80. The zero-order valence-corrected chi connectivity index (χ0v) is 12.6. The number of amides is 2. The Hall–Kier alpha value is -1.88. The summed E-state index contributed by atoms with van der Waals surface area (Å²) in [4.78, 5) is 23.9. The maximum absolute atomic E-state index is 12.4. The lowest BCUT2D eigenvalue weighted by molar-refractivity contribution is -0.122. The highest BCUT2D eigenvalue weighted by Crippen LogP contribution is 2.31. The molecule has 5 heteroatoms. The van der Waals surface area contributed by atoms with Gasteiger partial charge in [-0.2, -0.15) is 0 Å². The van der Waals surface area contributed by atoms with Gasteiger partial charge in [0.25, 0.3) is 5.91 Å². The maximum atomic E-state index is 12.4. The maximum Gasteiger partial charge on any atom is 0.251 e. The van der Waals surface area contributed by atoms with Crippen LogP contribution >= 0.6 is 0 Å². The average Bonchev–Trinajstić information content (AvgIpc) is 2.47. The molecule has 0 spiro atoms. The Morgan fingerprint density at radius 2 is 1.95 bits per heavy atom. The van der Waals surface area contributed by atoms with Gasteiger partial charge < -0.3 is 16.4 Å². The number of nitrogens with one attached hydrogen (secondary N) is 2. The number of hydrogen-bond acceptors (Lipinski definition) is 3. The molecule has 1 aliphatic carbocycles. The van der Waals surface area contributed by atoms with Crippen molar-refractivity contribution in [2.75, 3.05) is 12.4 Å². The fourth-order valence-electron chi connectivity index (χ4n) is 2.90. The van der Waals surface area contributed by atoms with E-state index < -0.39 is 5.54 Å². The normalized spacial score (nSPS) is 25.2. The molecule has 21 heavy (non-hydrogen) atoms. The molecule has 4 N–H and O–H groups in total. The van der Waals surface area contributed by atoms with E-state index in [-0.39, 0.29) is 11.8 Å². The Labute approximate surface area is 125 Å². The van der Waals surface area contributed by atoms with Crippen molar-refractivity contribution in [2.24, 2.45) is 11.7 Å². The highest BCUT2D eigenvalue weighted by Gasteiger charge is 2.37. The summed E-state index contributed by atoms with van der Waals surface area (Å²) in [6.45, 7) is 2.13. The fraction of sp³-hybridized carbons (Fsp3) is 0.500. The molecule has 5 nitrogen and oxygen atoms in total. The first kappa shape index (κ1) is 15.5. The Kier molecular flexibility index (Phi) is 4.63. The summed E-state index contributed by atoms with van der Waals surface area (Å²) in [7, 11) is 1.58. The van der Waals surface area contributed by atoms with E-state index in [1.807, 2.05) is 0 Å². The second-order valence-electron chi connectivity index (χ2n) is 5.97. The van der Waals surface area contributed by atoms with E-state index in [1.54, 1.807) is 31.3 Å². The first-order chi connectivity index (χ1) is 9.94. The van der Waals surface area contributed by atoms with Gasteiger partial charge in [0.05, 0.1) is 5.54 Å². The van der Waals surface area contributed by atoms with Crippen LogP contribution in [0.5, 0.6) is 0 Å². The van der Waals surface area contributed by atoms with E-state index in [2.05, 4.69) is 17.6 Å². The van der Waals surface area contributed by atoms with Crippen LogP contribution in [0.2, 0.25) is 0 Å². The predicted octanol–water partition coefficient (Wildman–Crippen LogP) is 1.89. The van der Waals surface area contributed by atoms with Gasteiger partial charge in [-0.3, -0.25) is 9.59 Å². The summed E-state index contributed by atoms with van der Waals surface area (Å²) >= 11 is 0. The fourth-order valence-corrected chi connectivity index (χ4v) is 2.90. The molecule has 114 valence electrons. The van der Waals surface area contributed by atoms with Gasteiger partial charge in [-0.15, -0.1) is 0 Å². The van der Waals surface area contributed by atoms with Crippen molar-refractivity contribution in [3.8, 4) is 0 Å². The van der Waals surface area contributed by atoms with Gasteiger partial charge in [0.15, 0.2) is 0 Å². The Bertz CT molecular complexity index is 527. The second-order valence-corrected chi connectivity index (χ2v) is 5.97. The standard InChI is InChI=1S/C16H23N3O2/c1-11-4-3-9-16(17,10-11)15(21)19-13-7-5-12(6-8-13)14(20)18-2/h5-8,11H,3-4,9-10,17H2,1-2H3,(H,18,20)(H,19,21). The van der Waals surface area contributed by atoms with E-state index in [1.165, 1.54) is 0 Å². The van der Waals surface area contributed by atoms with Crippen molar-refractivity contribution in [3.63, 3.8) is 0 Å². The minimum Gasteiger partial charge on any atom is -0.355 e. The zero-order chi connectivity index (χ0) is 15.5.